The molecule has 2 amide bonds. The monoisotopic (exact) mass is 440 g/mol. The minimum Gasteiger partial charge on any atom is -0.493 e. The van der Waals surface area contributed by atoms with E-state index in [2.05, 4.69) is 10.3 Å². The van der Waals surface area contributed by atoms with E-state index in [-0.39, 0.29) is 17.7 Å². The minimum atomic E-state index is -0.305. The smallest absolute Gasteiger partial charge is 0.248 e. The Hall–Kier alpha value is -3.75. The third-order valence-corrected chi connectivity index (χ3v) is 5.28. The van der Waals surface area contributed by atoms with Crippen molar-refractivity contribution in [3.63, 3.8) is 0 Å². The van der Waals surface area contributed by atoms with Crippen LogP contribution in [0.4, 0.5) is 11.5 Å². The van der Waals surface area contributed by atoms with Crippen LogP contribution in [0.1, 0.15) is 18.4 Å². The number of amides is 2. The van der Waals surface area contributed by atoms with Gasteiger partial charge in [-0.1, -0.05) is 0 Å². The molecule has 1 unspecified atom stereocenters. The quantitative estimate of drug-likeness (QED) is 0.606. The van der Waals surface area contributed by atoms with Crippen molar-refractivity contribution in [2.45, 2.75) is 12.8 Å². The molecule has 170 valence electrons. The molecule has 0 bridgehead atoms. The first kappa shape index (κ1) is 22.9. The van der Waals surface area contributed by atoms with Crippen LogP contribution in [-0.2, 0) is 9.59 Å². The standard InChI is InChI=1S/C23H28N4O5/c1-30-18-11-15(12-19(31-2)22(18)32-3)6-9-21(28)26-17-7-8-20(25-13-17)27-10-4-5-16(14-27)23(24)29/h6-9,11-13,16H,4-5,10,14H2,1-3H3,(H2,24,29)(H,26,28)/b9-6+. The number of nitrogens with zero attached hydrogens (tertiary/aromatic N) is 2. The second-order valence-electron chi connectivity index (χ2n) is 7.37. The van der Waals surface area contributed by atoms with Crippen LogP contribution >= 0.6 is 0 Å². The summed E-state index contributed by atoms with van der Waals surface area (Å²) in [6, 6.07) is 7.10. The fraction of sp³-hybridized carbons (Fsp3) is 0.348. The van der Waals surface area contributed by atoms with Crippen LogP contribution in [0.15, 0.2) is 36.5 Å². The SMILES string of the molecule is COc1cc(/C=C/C(=O)Nc2ccc(N3CCCC(C(N)=O)C3)nc2)cc(OC)c1OC. The van der Waals surface area contributed by atoms with Gasteiger partial charge in [-0.2, -0.15) is 0 Å². The minimum absolute atomic E-state index is 0.162. The molecule has 1 aliphatic heterocycles. The number of pyridine rings is 1. The number of aromatic nitrogens is 1. The Morgan fingerprint density at radius 2 is 1.88 bits per heavy atom. The first-order chi connectivity index (χ1) is 15.4. The number of anilines is 2. The van der Waals surface area contributed by atoms with Crippen molar-refractivity contribution in [2.24, 2.45) is 11.7 Å². The molecule has 0 radical (unpaired) electrons. The van der Waals surface area contributed by atoms with Gasteiger partial charge in [0.1, 0.15) is 5.82 Å². The number of hydrogen-bond donors (Lipinski definition) is 2. The maximum Gasteiger partial charge on any atom is 0.248 e. The van der Waals surface area contributed by atoms with E-state index >= 15 is 0 Å². The zero-order valence-electron chi connectivity index (χ0n) is 18.5. The van der Waals surface area contributed by atoms with Gasteiger partial charge in [-0.15, -0.1) is 0 Å². The topological polar surface area (TPSA) is 116 Å². The van der Waals surface area contributed by atoms with Crippen molar-refractivity contribution in [1.82, 2.24) is 4.98 Å². The van der Waals surface area contributed by atoms with E-state index in [1.165, 1.54) is 27.4 Å². The zero-order valence-corrected chi connectivity index (χ0v) is 18.5. The Bertz CT molecular complexity index is 965. The van der Waals surface area contributed by atoms with E-state index in [1.54, 1.807) is 30.5 Å². The van der Waals surface area contributed by atoms with Crippen LogP contribution in [-0.4, -0.2) is 51.2 Å². The molecule has 2 aromatic rings. The summed E-state index contributed by atoms with van der Waals surface area (Å²) in [5.41, 5.74) is 6.73. The van der Waals surface area contributed by atoms with Gasteiger partial charge in [-0.25, -0.2) is 4.98 Å². The van der Waals surface area contributed by atoms with Crippen molar-refractivity contribution in [2.75, 3.05) is 44.6 Å². The summed E-state index contributed by atoms with van der Waals surface area (Å²) in [6.07, 6.45) is 6.35. The van der Waals surface area contributed by atoms with Crippen LogP contribution in [0.3, 0.4) is 0 Å². The predicted molar refractivity (Wildman–Crippen MR) is 122 cm³/mol. The average molecular weight is 441 g/mol. The van der Waals surface area contributed by atoms with E-state index in [1.807, 2.05) is 11.0 Å². The van der Waals surface area contributed by atoms with Crippen LogP contribution < -0.4 is 30.2 Å². The molecule has 0 aliphatic carbocycles. The Balaban J connectivity index is 1.64. The maximum atomic E-state index is 12.3. The molecular formula is C23H28N4O5. The number of carbonyl (C=O) groups excluding carboxylic acids is 2. The summed E-state index contributed by atoms with van der Waals surface area (Å²) in [5.74, 6) is 1.49. The highest BCUT2D eigenvalue weighted by molar-refractivity contribution is 6.02. The van der Waals surface area contributed by atoms with Crippen molar-refractivity contribution in [1.29, 1.82) is 0 Å². The maximum absolute atomic E-state index is 12.3. The number of methoxy groups -OCH3 is 3. The largest absolute Gasteiger partial charge is 0.493 e. The summed E-state index contributed by atoms with van der Waals surface area (Å²) in [7, 11) is 4.60. The van der Waals surface area contributed by atoms with E-state index in [0.29, 0.717) is 29.5 Å². The van der Waals surface area contributed by atoms with Crippen LogP contribution in [0.25, 0.3) is 6.08 Å². The number of rotatable bonds is 8. The van der Waals surface area contributed by atoms with Crippen molar-refractivity contribution in [3.8, 4) is 17.2 Å². The normalized spacial score (nSPS) is 16.0. The summed E-state index contributed by atoms with van der Waals surface area (Å²) in [6.45, 7) is 1.38. The average Bonchev–Trinajstić information content (AvgIpc) is 2.82. The summed E-state index contributed by atoms with van der Waals surface area (Å²) in [4.78, 5) is 30.3. The third kappa shape index (κ3) is 5.48. The number of primary amides is 1. The molecule has 1 fully saturated rings. The molecule has 3 rings (SSSR count). The van der Waals surface area contributed by atoms with Gasteiger partial charge < -0.3 is 30.2 Å². The van der Waals surface area contributed by atoms with Gasteiger partial charge in [0.25, 0.3) is 0 Å². The summed E-state index contributed by atoms with van der Waals surface area (Å²) >= 11 is 0. The highest BCUT2D eigenvalue weighted by atomic mass is 16.5. The summed E-state index contributed by atoms with van der Waals surface area (Å²) in [5, 5.41) is 2.78. The lowest BCUT2D eigenvalue weighted by molar-refractivity contribution is -0.122. The molecule has 1 aromatic carbocycles. The Morgan fingerprint density at radius 3 is 2.44 bits per heavy atom. The zero-order chi connectivity index (χ0) is 23.1. The number of ether oxygens (including phenoxy) is 3. The molecule has 1 aromatic heterocycles. The number of carbonyl (C=O) groups is 2. The predicted octanol–water partition coefficient (Wildman–Crippen LogP) is 2.46. The Morgan fingerprint density at radius 1 is 1.16 bits per heavy atom. The van der Waals surface area contributed by atoms with Gasteiger partial charge >= 0.3 is 0 Å². The second-order valence-corrected chi connectivity index (χ2v) is 7.37. The second kappa shape index (κ2) is 10.5. The Labute approximate surface area is 187 Å². The Kier molecular flexibility index (Phi) is 7.54. The van der Waals surface area contributed by atoms with E-state index in [9.17, 15) is 9.59 Å². The van der Waals surface area contributed by atoms with Crippen molar-refractivity contribution < 1.29 is 23.8 Å². The fourth-order valence-electron chi connectivity index (χ4n) is 3.62. The molecule has 3 N–H and O–H groups in total. The number of hydrogen-bond acceptors (Lipinski definition) is 7. The van der Waals surface area contributed by atoms with Gasteiger partial charge in [0.2, 0.25) is 17.6 Å². The van der Waals surface area contributed by atoms with E-state index < -0.39 is 0 Å². The number of nitrogens with one attached hydrogen (secondary N) is 1. The first-order valence-electron chi connectivity index (χ1n) is 10.2. The van der Waals surface area contributed by atoms with Crippen LogP contribution in [0, 0.1) is 5.92 Å². The fourth-order valence-corrected chi connectivity index (χ4v) is 3.62. The molecule has 0 spiro atoms. The molecule has 32 heavy (non-hydrogen) atoms. The van der Waals surface area contributed by atoms with Crippen LogP contribution in [0.5, 0.6) is 17.2 Å². The van der Waals surface area contributed by atoms with Gasteiger partial charge in [0.15, 0.2) is 11.5 Å². The third-order valence-electron chi connectivity index (χ3n) is 5.28. The van der Waals surface area contributed by atoms with Crippen molar-refractivity contribution in [3.05, 3.63) is 42.1 Å². The summed E-state index contributed by atoms with van der Waals surface area (Å²) < 4.78 is 16.0. The highest BCUT2D eigenvalue weighted by Gasteiger charge is 2.24. The molecule has 0 saturated carbocycles. The number of piperidine rings is 1. The van der Waals surface area contributed by atoms with Crippen LogP contribution in [0.2, 0.25) is 0 Å². The number of nitrogens with two attached hydrogens (primary N) is 1. The lowest BCUT2D eigenvalue weighted by Crippen LogP contribution is -2.41. The molecule has 9 nitrogen and oxygen atoms in total. The van der Waals surface area contributed by atoms with Gasteiger partial charge in [0, 0.05) is 19.2 Å². The van der Waals surface area contributed by atoms with Crippen molar-refractivity contribution >= 4 is 29.4 Å². The molecule has 1 saturated heterocycles. The first-order valence-corrected chi connectivity index (χ1v) is 10.2. The number of benzene rings is 1. The molecule has 1 atom stereocenters. The molecule has 1 aliphatic rings. The van der Waals surface area contributed by atoms with E-state index in [4.69, 9.17) is 19.9 Å². The molecular weight excluding hydrogens is 412 g/mol. The van der Waals surface area contributed by atoms with Gasteiger partial charge in [-0.05, 0) is 48.7 Å². The molecule has 9 heteroatoms. The lowest BCUT2D eigenvalue weighted by atomic mass is 9.97. The molecule has 2 heterocycles. The van der Waals surface area contributed by atoms with Gasteiger partial charge in [-0.3, -0.25) is 9.59 Å². The van der Waals surface area contributed by atoms with E-state index in [0.717, 1.165) is 30.8 Å². The van der Waals surface area contributed by atoms with Gasteiger partial charge in [0.05, 0.1) is 39.1 Å². The highest BCUT2D eigenvalue weighted by Crippen LogP contribution is 2.38. The lowest BCUT2D eigenvalue weighted by Gasteiger charge is -2.32.